The van der Waals surface area contributed by atoms with Crippen molar-refractivity contribution in [2.75, 3.05) is 12.1 Å². The third-order valence-corrected chi connectivity index (χ3v) is 4.35. The first-order valence-corrected chi connectivity index (χ1v) is 8.74. The maximum Gasteiger partial charge on any atom is 0.231 e. The molecule has 3 aromatic carbocycles. The predicted molar refractivity (Wildman–Crippen MR) is 102 cm³/mol. The second-order valence-corrected chi connectivity index (χ2v) is 6.38. The van der Waals surface area contributed by atoms with Crippen LogP contribution in [0.4, 0.5) is 5.69 Å². The monoisotopic (exact) mass is 367 g/mol. The molecule has 1 aliphatic rings. The highest BCUT2D eigenvalue weighted by Crippen LogP contribution is 2.34. The molecule has 26 heavy (non-hydrogen) atoms. The molecule has 0 saturated heterocycles. The van der Waals surface area contributed by atoms with Crippen LogP contribution in [0, 0.1) is 0 Å². The number of rotatable bonds is 6. The molecule has 1 N–H and O–H groups in total. The van der Waals surface area contributed by atoms with E-state index in [1.807, 2.05) is 66.7 Å². The lowest BCUT2D eigenvalue weighted by Gasteiger charge is -2.14. The molecule has 4 rings (SSSR count). The lowest BCUT2D eigenvalue weighted by molar-refractivity contribution is 0.174. The average Bonchev–Trinajstić information content (AvgIpc) is 3.14. The molecule has 1 heterocycles. The van der Waals surface area contributed by atoms with Gasteiger partial charge in [0.1, 0.15) is 12.4 Å². The summed E-state index contributed by atoms with van der Waals surface area (Å²) in [6.45, 7) is 1.37. The molecule has 0 fully saturated rings. The van der Waals surface area contributed by atoms with Crippen molar-refractivity contribution in [2.24, 2.45) is 0 Å². The van der Waals surface area contributed by atoms with E-state index < -0.39 is 0 Å². The van der Waals surface area contributed by atoms with Crippen molar-refractivity contribution in [3.8, 4) is 17.2 Å². The Morgan fingerprint density at radius 1 is 0.923 bits per heavy atom. The van der Waals surface area contributed by atoms with Crippen LogP contribution in [0.1, 0.15) is 11.1 Å². The summed E-state index contributed by atoms with van der Waals surface area (Å²) in [5, 5.41) is 4.06. The predicted octanol–water partition coefficient (Wildman–Crippen LogP) is 5.26. The molecule has 132 valence electrons. The van der Waals surface area contributed by atoms with Gasteiger partial charge in [0.25, 0.3) is 0 Å². The van der Waals surface area contributed by atoms with Crippen LogP contribution in [0.5, 0.6) is 17.2 Å². The van der Waals surface area contributed by atoms with Crippen LogP contribution < -0.4 is 19.5 Å². The van der Waals surface area contributed by atoms with Crippen LogP contribution in [-0.4, -0.2) is 6.79 Å². The summed E-state index contributed by atoms with van der Waals surface area (Å²) in [6, 6.07) is 21.5. The highest BCUT2D eigenvalue weighted by molar-refractivity contribution is 6.30. The fraction of sp³-hybridized carbons (Fsp3) is 0.143. The van der Waals surface area contributed by atoms with Crippen LogP contribution in [-0.2, 0) is 13.2 Å². The molecular weight excluding hydrogens is 350 g/mol. The van der Waals surface area contributed by atoms with Crippen molar-refractivity contribution in [3.63, 3.8) is 0 Å². The SMILES string of the molecule is Clc1ccc(OCc2ccccc2)c(CNc2ccc3c(c2)OCO3)c1. The zero-order chi connectivity index (χ0) is 17.8. The van der Waals surface area contributed by atoms with Gasteiger partial charge < -0.3 is 19.5 Å². The third kappa shape index (κ3) is 3.86. The number of hydrogen-bond acceptors (Lipinski definition) is 4. The summed E-state index contributed by atoms with van der Waals surface area (Å²) in [6.07, 6.45) is 0. The number of halogens is 1. The number of hydrogen-bond donors (Lipinski definition) is 1. The van der Waals surface area contributed by atoms with Gasteiger partial charge in [0, 0.05) is 28.9 Å². The quantitative estimate of drug-likeness (QED) is 0.645. The highest BCUT2D eigenvalue weighted by Gasteiger charge is 2.13. The van der Waals surface area contributed by atoms with Gasteiger partial charge in [-0.3, -0.25) is 0 Å². The lowest BCUT2D eigenvalue weighted by atomic mass is 10.2. The zero-order valence-electron chi connectivity index (χ0n) is 14.1. The molecule has 1 aliphatic heterocycles. The molecular formula is C21H18ClNO3. The summed E-state index contributed by atoms with van der Waals surface area (Å²) < 4.78 is 16.7. The zero-order valence-corrected chi connectivity index (χ0v) is 14.8. The summed E-state index contributed by atoms with van der Waals surface area (Å²) in [5.41, 5.74) is 3.06. The van der Waals surface area contributed by atoms with E-state index in [9.17, 15) is 0 Å². The minimum atomic E-state index is 0.268. The summed E-state index contributed by atoms with van der Waals surface area (Å²) >= 11 is 6.17. The Morgan fingerprint density at radius 2 is 1.77 bits per heavy atom. The van der Waals surface area contributed by atoms with Crippen LogP contribution in [0.2, 0.25) is 5.02 Å². The van der Waals surface area contributed by atoms with Crippen molar-refractivity contribution in [3.05, 3.63) is 82.9 Å². The number of anilines is 1. The van der Waals surface area contributed by atoms with Crippen LogP contribution in [0.3, 0.4) is 0 Å². The molecule has 0 atom stereocenters. The van der Waals surface area contributed by atoms with Crippen LogP contribution in [0.25, 0.3) is 0 Å². The van der Waals surface area contributed by atoms with Crippen molar-refractivity contribution in [2.45, 2.75) is 13.2 Å². The first-order chi connectivity index (χ1) is 12.8. The summed E-state index contributed by atoms with van der Waals surface area (Å²) in [5.74, 6) is 2.33. The largest absolute Gasteiger partial charge is 0.489 e. The van der Waals surface area contributed by atoms with Crippen LogP contribution in [0.15, 0.2) is 66.7 Å². The van der Waals surface area contributed by atoms with E-state index in [4.69, 9.17) is 25.8 Å². The van der Waals surface area contributed by atoms with Gasteiger partial charge in [0.05, 0.1) is 0 Å². The number of benzene rings is 3. The first-order valence-electron chi connectivity index (χ1n) is 8.36. The Bertz CT molecular complexity index is 899. The fourth-order valence-corrected chi connectivity index (χ4v) is 2.96. The number of nitrogens with one attached hydrogen (secondary N) is 1. The normalized spacial score (nSPS) is 12.0. The van der Waals surface area contributed by atoms with E-state index in [1.165, 1.54) is 0 Å². The minimum absolute atomic E-state index is 0.268. The molecule has 0 amide bonds. The minimum Gasteiger partial charge on any atom is -0.489 e. The maximum atomic E-state index is 6.17. The first kappa shape index (κ1) is 16.6. The molecule has 0 saturated carbocycles. The van der Waals surface area contributed by atoms with E-state index in [1.54, 1.807) is 0 Å². The van der Waals surface area contributed by atoms with Gasteiger partial charge in [-0.2, -0.15) is 0 Å². The standard InChI is InChI=1S/C21H18ClNO3/c22-17-6-8-19(24-13-15-4-2-1-3-5-15)16(10-17)12-23-18-7-9-20-21(11-18)26-14-25-20/h1-11,23H,12-14H2. The van der Waals surface area contributed by atoms with Crippen molar-refractivity contribution in [1.82, 2.24) is 0 Å². The van der Waals surface area contributed by atoms with E-state index >= 15 is 0 Å². The Labute approximate surface area is 157 Å². The number of ether oxygens (including phenoxy) is 3. The van der Waals surface area contributed by atoms with E-state index in [0.29, 0.717) is 18.2 Å². The molecule has 4 nitrogen and oxygen atoms in total. The third-order valence-electron chi connectivity index (χ3n) is 4.12. The molecule has 0 aromatic heterocycles. The molecule has 0 spiro atoms. The summed E-state index contributed by atoms with van der Waals surface area (Å²) in [7, 11) is 0. The highest BCUT2D eigenvalue weighted by atomic mass is 35.5. The van der Waals surface area contributed by atoms with E-state index in [2.05, 4.69) is 5.32 Å². The van der Waals surface area contributed by atoms with Gasteiger partial charge in [-0.05, 0) is 35.9 Å². The molecule has 0 aliphatic carbocycles. The van der Waals surface area contributed by atoms with E-state index in [0.717, 1.165) is 34.1 Å². The molecule has 5 heteroatoms. The van der Waals surface area contributed by atoms with Gasteiger partial charge in [-0.15, -0.1) is 0 Å². The topological polar surface area (TPSA) is 39.7 Å². The van der Waals surface area contributed by atoms with Crippen molar-refractivity contribution >= 4 is 17.3 Å². The molecule has 0 unspecified atom stereocenters. The maximum absolute atomic E-state index is 6.17. The van der Waals surface area contributed by atoms with Gasteiger partial charge in [-0.1, -0.05) is 41.9 Å². The number of fused-ring (bicyclic) bond motifs is 1. The van der Waals surface area contributed by atoms with Gasteiger partial charge in [0.15, 0.2) is 11.5 Å². The van der Waals surface area contributed by atoms with Gasteiger partial charge in [-0.25, -0.2) is 0 Å². The van der Waals surface area contributed by atoms with Crippen molar-refractivity contribution in [1.29, 1.82) is 0 Å². The Hall–Kier alpha value is -2.85. The van der Waals surface area contributed by atoms with Crippen molar-refractivity contribution < 1.29 is 14.2 Å². The Kier molecular flexibility index (Phi) is 4.84. The Morgan fingerprint density at radius 3 is 2.65 bits per heavy atom. The van der Waals surface area contributed by atoms with Crippen LogP contribution >= 0.6 is 11.6 Å². The van der Waals surface area contributed by atoms with E-state index in [-0.39, 0.29) is 6.79 Å². The second-order valence-electron chi connectivity index (χ2n) is 5.95. The molecule has 0 bridgehead atoms. The summed E-state index contributed by atoms with van der Waals surface area (Å²) in [4.78, 5) is 0. The fourth-order valence-electron chi connectivity index (χ4n) is 2.77. The second kappa shape index (κ2) is 7.58. The molecule has 3 aromatic rings. The average molecular weight is 368 g/mol. The van der Waals surface area contributed by atoms with Gasteiger partial charge in [0.2, 0.25) is 6.79 Å². The Balaban J connectivity index is 1.46. The lowest BCUT2D eigenvalue weighted by Crippen LogP contribution is -2.04. The van der Waals surface area contributed by atoms with Gasteiger partial charge >= 0.3 is 0 Å². The molecule has 0 radical (unpaired) electrons. The smallest absolute Gasteiger partial charge is 0.231 e.